The van der Waals surface area contributed by atoms with Gasteiger partial charge in [-0.1, -0.05) is 54.1 Å². The fourth-order valence-electron chi connectivity index (χ4n) is 3.79. The van der Waals surface area contributed by atoms with Crippen molar-refractivity contribution in [1.29, 1.82) is 0 Å². The van der Waals surface area contributed by atoms with Gasteiger partial charge in [0.25, 0.3) is 0 Å². The maximum Gasteiger partial charge on any atom is 0.338 e. The molecule has 152 valence electrons. The lowest BCUT2D eigenvalue weighted by Gasteiger charge is -2.40. The average molecular weight is 455 g/mol. The first-order chi connectivity index (χ1) is 13.6. The van der Waals surface area contributed by atoms with Crippen molar-refractivity contribution in [2.45, 2.75) is 51.9 Å². The Balaban J connectivity index is 1.94. The Morgan fingerprint density at radius 1 is 1.07 bits per heavy atom. The highest BCUT2D eigenvalue weighted by molar-refractivity contribution is 9.10. The van der Waals surface area contributed by atoms with E-state index in [4.69, 9.17) is 4.74 Å². The van der Waals surface area contributed by atoms with E-state index in [1.165, 1.54) is 5.56 Å². The van der Waals surface area contributed by atoms with Crippen molar-refractivity contribution in [1.82, 2.24) is 0 Å². The van der Waals surface area contributed by atoms with Crippen LogP contribution in [0.15, 0.2) is 40.9 Å². The predicted molar refractivity (Wildman–Crippen MR) is 121 cm³/mol. The molecule has 0 fully saturated rings. The molecular formula is C25H27BrO3. The zero-order chi connectivity index (χ0) is 21.4. The van der Waals surface area contributed by atoms with Crippen molar-refractivity contribution < 1.29 is 14.3 Å². The normalized spacial score (nSPS) is 17.2. The number of carbonyl (C=O) groups is 2. The number of ketones is 1. The van der Waals surface area contributed by atoms with Crippen LogP contribution in [0.3, 0.4) is 0 Å². The summed E-state index contributed by atoms with van der Waals surface area (Å²) < 4.78 is 6.03. The Labute approximate surface area is 181 Å². The van der Waals surface area contributed by atoms with Crippen molar-refractivity contribution in [3.8, 4) is 0 Å². The van der Waals surface area contributed by atoms with E-state index in [2.05, 4.69) is 41.9 Å². The number of benzene rings is 2. The van der Waals surface area contributed by atoms with Gasteiger partial charge in [0.15, 0.2) is 0 Å². The van der Waals surface area contributed by atoms with Gasteiger partial charge >= 0.3 is 5.97 Å². The largest absolute Gasteiger partial charge is 0.462 e. The second-order valence-electron chi connectivity index (χ2n) is 8.70. The van der Waals surface area contributed by atoms with Gasteiger partial charge < -0.3 is 4.74 Å². The minimum atomic E-state index is -0.491. The molecule has 0 amide bonds. The number of hydrogen-bond acceptors (Lipinski definition) is 3. The summed E-state index contributed by atoms with van der Waals surface area (Å²) >= 11 is 3.70. The lowest BCUT2D eigenvalue weighted by molar-refractivity contribution is -0.125. The molecule has 2 aromatic rings. The lowest BCUT2D eigenvalue weighted by atomic mass is 9.62. The summed E-state index contributed by atoms with van der Waals surface area (Å²) in [6.07, 6.45) is 4.59. The van der Waals surface area contributed by atoms with Crippen LogP contribution in [0.25, 0.3) is 12.2 Å². The fourth-order valence-corrected chi connectivity index (χ4v) is 4.27. The summed E-state index contributed by atoms with van der Waals surface area (Å²) in [4.78, 5) is 24.5. The third kappa shape index (κ3) is 4.23. The number of rotatable bonds is 4. The van der Waals surface area contributed by atoms with Crippen LogP contribution in [0.1, 0.15) is 73.7 Å². The number of esters is 1. The summed E-state index contributed by atoms with van der Waals surface area (Å²) in [6, 6.07) is 11.6. The van der Waals surface area contributed by atoms with E-state index >= 15 is 0 Å². The van der Waals surface area contributed by atoms with Crippen molar-refractivity contribution in [3.63, 3.8) is 0 Å². The SMILES string of the molecule is CCOC(=O)c1ccc(/C=C/c2cc3c(cc2Br)C(C)(C)CC(=O)C3(C)C)cc1. The van der Waals surface area contributed by atoms with Crippen LogP contribution in [0.5, 0.6) is 0 Å². The third-order valence-corrected chi connectivity index (χ3v) is 6.40. The van der Waals surface area contributed by atoms with E-state index < -0.39 is 5.41 Å². The van der Waals surface area contributed by atoms with Gasteiger partial charge in [0.05, 0.1) is 12.2 Å². The fraction of sp³-hybridized carbons (Fsp3) is 0.360. The molecule has 1 aliphatic carbocycles. The Morgan fingerprint density at radius 3 is 2.34 bits per heavy atom. The van der Waals surface area contributed by atoms with E-state index in [1.807, 2.05) is 38.1 Å². The Kier molecular flexibility index (Phi) is 5.86. The minimum absolute atomic E-state index is 0.171. The van der Waals surface area contributed by atoms with Gasteiger partial charge in [-0.2, -0.15) is 0 Å². The molecule has 0 radical (unpaired) electrons. The minimum Gasteiger partial charge on any atom is -0.462 e. The van der Waals surface area contributed by atoms with Crippen molar-refractivity contribution in [3.05, 3.63) is 68.7 Å². The number of carbonyl (C=O) groups excluding carboxylic acids is 2. The van der Waals surface area contributed by atoms with Gasteiger partial charge in [-0.15, -0.1) is 0 Å². The van der Waals surface area contributed by atoms with Gasteiger partial charge in [0, 0.05) is 16.3 Å². The van der Waals surface area contributed by atoms with Gasteiger partial charge in [-0.3, -0.25) is 4.79 Å². The van der Waals surface area contributed by atoms with E-state index in [9.17, 15) is 9.59 Å². The van der Waals surface area contributed by atoms with Crippen molar-refractivity contribution in [2.24, 2.45) is 0 Å². The van der Waals surface area contributed by atoms with Crippen LogP contribution in [-0.4, -0.2) is 18.4 Å². The molecule has 0 spiro atoms. The van der Waals surface area contributed by atoms with Crippen molar-refractivity contribution >= 4 is 39.8 Å². The molecule has 0 heterocycles. The highest BCUT2D eigenvalue weighted by Gasteiger charge is 2.43. The van der Waals surface area contributed by atoms with E-state index in [0.29, 0.717) is 18.6 Å². The molecule has 4 heteroatoms. The predicted octanol–water partition coefficient (Wildman–Crippen LogP) is 6.32. The first kappa shape index (κ1) is 21.5. The highest BCUT2D eigenvalue weighted by atomic mass is 79.9. The van der Waals surface area contributed by atoms with Gasteiger partial charge in [0.1, 0.15) is 5.78 Å². The molecule has 1 aliphatic rings. The smallest absolute Gasteiger partial charge is 0.338 e. The molecule has 29 heavy (non-hydrogen) atoms. The molecule has 2 aromatic carbocycles. The van der Waals surface area contributed by atoms with Crippen LogP contribution >= 0.6 is 15.9 Å². The summed E-state index contributed by atoms with van der Waals surface area (Å²) in [5, 5.41) is 0. The highest BCUT2D eigenvalue weighted by Crippen LogP contribution is 2.45. The molecule has 0 N–H and O–H groups in total. The van der Waals surface area contributed by atoms with Crippen LogP contribution in [0, 0.1) is 0 Å². The summed E-state index contributed by atoms with van der Waals surface area (Å²) in [7, 11) is 0. The molecule has 0 saturated carbocycles. The maximum atomic E-state index is 12.7. The quantitative estimate of drug-likeness (QED) is 0.400. The van der Waals surface area contributed by atoms with Gasteiger partial charge in [-0.25, -0.2) is 4.79 Å². The summed E-state index contributed by atoms with van der Waals surface area (Å²) in [5.41, 5.74) is 4.21. The summed E-state index contributed by atoms with van der Waals surface area (Å²) in [6.45, 7) is 10.4. The summed E-state index contributed by atoms with van der Waals surface area (Å²) in [5.74, 6) is -0.0308. The van der Waals surface area contributed by atoms with Gasteiger partial charge in [-0.05, 0) is 72.7 Å². The average Bonchev–Trinajstić information content (AvgIpc) is 2.66. The molecular weight excluding hydrogens is 428 g/mol. The molecule has 3 rings (SSSR count). The Bertz CT molecular complexity index is 982. The van der Waals surface area contributed by atoms with Crippen LogP contribution in [0.2, 0.25) is 0 Å². The molecule has 0 bridgehead atoms. The van der Waals surface area contributed by atoms with Crippen molar-refractivity contribution in [2.75, 3.05) is 6.61 Å². The van der Waals surface area contributed by atoms with E-state index in [0.717, 1.165) is 21.2 Å². The molecule has 0 aromatic heterocycles. The number of halogens is 1. The second-order valence-corrected chi connectivity index (χ2v) is 9.56. The number of ether oxygens (including phenoxy) is 1. The molecule has 3 nitrogen and oxygen atoms in total. The third-order valence-electron chi connectivity index (χ3n) is 5.72. The first-order valence-electron chi connectivity index (χ1n) is 9.89. The van der Waals surface area contributed by atoms with E-state index in [-0.39, 0.29) is 17.2 Å². The Hall–Kier alpha value is -2.20. The Morgan fingerprint density at radius 2 is 1.72 bits per heavy atom. The number of fused-ring (bicyclic) bond motifs is 1. The molecule has 0 atom stereocenters. The molecule has 0 saturated heterocycles. The number of hydrogen-bond donors (Lipinski definition) is 0. The maximum absolute atomic E-state index is 12.7. The monoisotopic (exact) mass is 454 g/mol. The van der Waals surface area contributed by atoms with Gasteiger partial charge in [0.2, 0.25) is 0 Å². The van der Waals surface area contributed by atoms with Crippen LogP contribution in [0.4, 0.5) is 0 Å². The zero-order valence-electron chi connectivity index (χ0n) is 17.6. The number of Topliss-reactive ketones (excluding diaryl/α,β-unsaturated/α-hetero) is 1. The zero-order valence-corrected chi connectivity index (χ0v) is 19.2. The van der Waals surface area contributed by atoms with Crippen LogP contribution in [-0.2, 0) is 20.4 Å². The van der Waals surface area contributed by atoms with E-state index in [1.54, 1.807) is 19.1 Å². The second kappa shape index (κ2) is 7.91. The standard InChI is InChI=1S/C25H27BrO3/c1-6-29-23(28)17-10-7-16(8-11-17)9-12-18-13-20-19(14-21(18)26)24(2,3)15-22(27)25(20,4)5/h7-14H,6,15H2,1-5H3/b12-9+. The lowest BCUT2D eigenvalue weighted by Crippen LogP contribution is -2.42. The first-order valence-corrected chi connectivity index (χ1v) is 10.7. The topological polar surface area (TPSA) is 43.4 Å². The van der Waals surface area contributed by atoms with Crippen LogP contribution < -0.4 is 0 Å². The molecule has 0 unspecified atom stereocenters. The molecule has 0 aliphatic heterocycles.